The van der Waals surface area contributed by atoms with Crippen LogP contribution in [-0.2, 0) is 0 Å². The SMILES string of the molecule is CC1=CC(=N)CC(C)C1. The maximum absolute atomic E-state index is 7.37. The summed E-state index contributed by atoms with van der Waals surface area (Å²) in [5.41, 5.74) is 2.16. The third-order valence-corrected chi connectivity index (χ3v) is 1.66. The van der Waals surface area contributed by atoms with Gasteiger partial charge in [-0.05, 0) is 31.8 Å². The Balaban J connectivity index is 2.67. The molecule has 0 amide bonds. The lowest BCUT2D eigenvalue weighted by atomic mass is 9.90. The average molecular weight is 123 g/mol. The summed E-state index contributed by atoms with van der Waals surface area (Å²) in [6, 6.07) is 0. The van der Waals surface area contributed by atoms with Gasteiger partial charge in [-0.2, -0.15) is 0 Å². The first-order valence-corrected chi connectivity index (χ1v) is 3.43. The van der Waals surface area contributed by atoms with Gasteiger partial charge in [-0.1, -0.05) is 12.5 Å². The van der Waals surface area contributed by atoms with Crippen LogP contribution in [0.1, 0.15) is 26.7 Å². The van der Waals surface area contributed by atoms with E-state index < -0.39 is 0 Å². The second-order valence-electron chi connectivity index (χ2n) is 3.03. The highest BCUT2D eigenvalue weighted by molar-refractivity contribution is 5.93. The Labute approximate surface area is 56.3 Å². The Morgan fingerprint density at radius 1 is 1.56 bits per heavy atom. The molecule has 0 aliphatic heterocycles. The van der Waals surface area contributed by atoms with Crippen LogP contribution in [0.15, 0.2) is 11.6 Å². The normalized spacial score (nSPS) is 28.0. The van der Waals surface area contributed by atoms with Gasteiger partial charge >= 0.3 is 0 Å². The average Bonchev–Trinajstić information content (AvgIpc) is 1.59. The highest BCUT2D eigenvalue weighted by atomic mass is 14.4. The van der Waals surface area contributed by atoms with E-state index >= 15 is 0 Å². The first-order valence-electron chi connectivity index (χ1n) is 3.43. The molecule has 0 aromatic rings. The van der Waals surface area contributed by atoms with E-state index in [-0.39, 0.29) is 0 Å². The minimum atomic E-state index is 0.697. The number of hydrogen-bond donors (Lipinski definition) is 1. The summed E-state index contributed by atoms with van der Waals surface area (Å²) in [5, 5.41) is 7.37. The molecule has 0 aromatic heterocycles. The lowest BCUT2D eigenvalue weighted by Gasteiger charge is -2.16. The van der Waals surface area contributed by atoms with E-state index in [2.05, 4.69) is 13.8 Å². The van der Waals surface area contributed by atoms with Crippen LogP contribution >= 0.6 is 0 Å². The fraction of sp³-hybridized carbons (Fsp3) is 0.625. The van der Waals surface area contributed by atoms with Gasteiger partial charge in [-0.3, -0.25) is 0 Å². The molecule has 1 atom stereocenters. The predicted molar refractivity (Wildman–Crippen MR) is 39.9 cm³/mol. The van der Waals surface area contributed by atoms with Crippen molar-refractivity contribution >= 4 is 5.71 Å². The first-order chi connectivity index (χ1) is 4.18. The highest BCUT2D eigenvalue weighted by Crippen LogP contribution is 2.20. The third kappa shape index (κ3) is 1.67. The van der Waals surface area contributed by atoms with Gasteiger partial charge in [0.2, 0.25) is 0 Å². The maximum atomic E-state index is 7.37. The Morgan fingerprint density at radius 3 is 2.67 bits per heavy atom. The molecule has 50 valence electrons. The van der Waals surface area contributed by atoms with Gasteiger partial charge in [0.05, 0.1) is 0 Å². The molecule has 1 aliphatic rings. The second kappa shape index (κ2) is 2.34. The molecule has 0 spiro atoms. The van der Waals surface area contributed by atoms with Crippen molar-refractivity contribution in [2.75, 3.05) is 0 Å². The van der Waals surface area contributed by atoms with Gasteiger partial charge in [0, 0.05) is 5.71 Å². The Kier molecular flexibility index (Phi) is 1.70. The van der Waals surface area contributed by atoms with Crippen LogP contribution in [0.5, 0.6) is 0 Å². The Hall–Kier alpha value is -0.590. The topological polar surface area (TPSA) is 23.9 Å². The summed E-state index contributed by atoms with van der Waals surface area (Å²) in [7, 11) is 0. The summed E-state index contributed by atoms with van der Waals surface area (Å²) in [4.78, 5) is 0. The Morgan fingerprint density at radius 2 is 2.22 bits per heavy atom. The number of hydrogen-bond acceptors (Lipinski definition) is 1. The van der Waals surface area contributed by atoms with Crippen LogP contribution < -0.4 is 0 Å². The monoisotopic (exact) mass is 123 g/mol. The molecule has 0 saturated carbocycles. The van der Waals surface area contributed by atoms with Crippen molar-refractivity contribution in [3.05, 3.63) is 11.6 Å². The van der Waals surface area contributed by atoms with Crippen molar-refractivity contribution in [1.29, 1.82) is 5.41 Å². The molecule has 0 bridgehead atoms. The molecule has 0 radical (unpaired) electrons. The molecular formula is C8H13N. The number of nitrogens with one attached hydrogen (secondary N) is 1. The molecule has 9 heavy (non-hydrogen) atoms. The fourth-order valence-electron chi connectivity index (χ4n) is 1.41. The molecule has 1 unspecified atom stereocenters. The van der Waals surface area contributed by atoms with E-state index in [4.69, 9.17) is 5.41 Å². The zero-order valence-corrected chi connectivity index (χ0v) is 6.07. The number of allylic oxidation sites excluding steroid dienone is 2. The smallest absolute Gasteiger partial charge is 0.0316 e. The lowest BCUT2D eigenvalue weighted by molar-refractivity contribution is 0.591. The zero-order chi connectivity index (χ0) is 6.85. The van der Waals surface area contributed by atoms with Crippen LogP contribution in [0.4, 0.5) is 0 Å². The van der Waals surface area contributed by atoms with Gasteiger partial charge in [0.15, 0.2) is 0 Å². The van der Waals surface area contributed by atoms with Crippen LogP contribution in [-0.4, -0.2) is 5.71 Å². The van der Waals surface area contributed by atoms with Gasteiger partial charge in [-0.25, -0.2) is 0 Å². The molecule has 1 rings (SSSR count). The molecule has 1 N–H and O–H groups in total. The quantitative estimate of drug-likeness (QED) is 0.511. The predicted octanol–water partition coefficient (Wildman–Crippen LogP) is 2.38. The van der Waals surface area contributed by atoms with E-state index in [1.54, 1.807) is 0 Å². The van der Waals surface area contributed by atoms with Crippen molar-refractivity contribution in [1.82, 2.24) is 0 Å². The molecule has 0 heterocycles. The highest BCUT2D eigenvalue weighted by Gasteiger charge is 2.10. The molecule has 1 heteroatoms. The number of rotatable bonds is 0. The van der Waals surface area contributed by atoms with Gasteiger partial charge < -0.3 is 5.41 Å². The summed E-state index contributed by atoms with van der Waals surface area (Å²) in [5.74, 6) is 0.697. The van der Waals surface area contributed by atoms with E-state index in [0.717, 1.165) is 12.1 Å². The lowest BCUT2D eigenvalue weighted by Crippen LogP contribution is -2.08. The van der Waals surface area contributed by atoms with E-state index in [1.165, 1.54) is 12.0 Å². The molecule has 0 aromatic carbocycles. The molecular weight excluding hydrogens is 110 g/mol. The summed E-state index contributed by atoms with van der Waals surface area (Å²) in [6.07, 6.45) is 4.14. The van der Waals surface area contributed by atoms with Crippen molar-refractivity contribution in [2.24, 2.45) is 5.92 Å². The van der Waals surface area contributed by atoms with Crippen LogP contribution in [0.2, 0.25) is 0 Å². The third-order valence-electron chi connectivity index (χ3n) is 1.66. The fourth-order valence-corrected chi connectivity index (χ4v) is 1.41. The molecule has 1 nitrogen and oxygen atoms in total. The van der Waals surface area contributed by atoms with E-state index in [9.17, 15) is 0 Å². The van der Waals surface area contributed by atoms with Gasteiger partial charge in [0.1, 0.15) is 0 Å². The standard InChI is InChI=1S/C8H13N/c1-6-3-7(2)5-8(9)4-6/h4,7,9H,3,5H2,1-2H3. The van der Waals surface area contributed by atoms with Crippen LogP contribution in [0.25, 0.3) is 0 Å². The van der Waals surface area contributed by atoms with Crippen molar-refractivity contribution in [2.45, 2.75) is 26.7 Å². The molecule has 0 saturated heterocycles. The minimum absolute atomic E-state index is 0.697. The van der Waals surface area contributed by atoms with Crippen LogP contribution in [0, 0.1) is 11.3 Å². The van der Waals surface area contributed by atoms with Crippen LogP contribution in [0.3, 0.4) is 0 Å². The second-order valence-corrected chi connectivity index (χ2v) is 3.03. The van der Waals surface area contributed by atoms with E-state index in [1.807, 2.05) is 6.08 Å². The van der Waals surface area contributed by atoms with Crippen molar-refractivity contribution in [3.63, 3.8) is 0 Å². The van der Waals surface area contributed by atoms with Crippen molar-refractivity contribution < 1.29 is 0 Å². The summed E-state index contributed by atoms with van der Waals surface area (Å²) < 4.78 is 0. The molecule has 1 aliphatic carbocycles. The summed E-state index contributed by atoms with van der Waals surface area (Å²) >= 11 is 0. The Bertz CT molecular complexity index is 156. The van der Waals surface area contributed by atoms with Crippen molar-refractivity contribution in [3.8, 4) is 0 Å². The maximum Gasteiger partial charge on any atom is 0.0316 e. The largest absolute Gasteiger partial charge is 0.305 e. The van der Waals surface area contributed by atoms with Gasteiger partial charge in [-0.15, -0.1) is 0 Å². The molecule has 0 fully saturated rings. The zero-order valence-electron chi connectivity index (χ0n) is 6.07. The van der Waals surface area contributed by atoms with E-state index in [0.29, 0.717) is 5.92 Å². The van der Waals surface area contributed by atoms with Gasteiger partial charge in [0.25, 0.3) is 0 Å². The minimum Gasteiger partial charge on any atom is -0.305 e. The first kappa shape index (κ1) is 6.53. The summed E-state index contributed by atoms with van der Waals surface area (Å²) in [6.45, 7) is 4.30.